The van der Waals surface area contributed by atoms with E-state index in [-0.39, 0.29) is 0 Å². The summed E-state index contributed by atoms with van der Waals surface area (Å²) in [6, 6.07) is 6.22. The Morgan fingerprint density at radius 3 is 2.63 bits per heavy atom. The molecule has 164 valence electrons. The minimum Gasteiger partial charge on any atom is -0.357 e. The van der Waals surface area contributed by atoms with E-state index in [2.05, 4.69) is 55.5 Å². The van der Waals surface area contributed by atoms with Crippen LogP contribution >= 0.6 is 11.6 Å². The normalized spacial score (nSPS) is 15.5. The van der Waals surface area contributed by atoms with Gasteiger partial charge in [0.2, 0.25) is 0 Å². The van der Waals surface area contributed by atoms with E-state index < -0.39 is 0 Å². The number of anilines is 1. The number of nitrogens with one attached hydrogen (secondary N) is 1. The zero-order valence-corrected chi connectivity index (χ0v) is 19.4. The Kier molecular flexibility index (Phi) is 7.99. The van der Waals surface area contributed by atoms with Crippen LogP contribution in [0.1, 0.15) is 25.1 Å². The Balaban J connectivity index is 1.66. The van der Waals surface area contributed by atoms with E-state index >= 15 is 0 Å². The molecule has 1 aliphatic heterocycles. The van der Waals surface area contributed by atoms with Crippen molar-refractivity contribution >= 4 is 23.4 Å². The van der Waals surface area contributed by atoms with E-state index in [1.807, 2.05) is 32.6 Å². The van der Waals surface area contributed by atoms with Gasteiger partial charge in [0.25, 0.3) is 0 Å². The molecule has 0 aromatic carbocycles. The molecule has 0 aliphatic carbocycles. The van der Waals surface area contributed by atoms with Gasteiger partial charge in [0.15, 0.2) is 5.96 Å². The van der Waals surface area contributed by atoms with Crippen molar-refractivity contribution in [1.82, 2.24) is 24.7 Å². The number of aryl methyl sites for hydroxylation is 1. The molecule has 0 bridgehead atoms. The number of aromatic nitrogens is 2. The third-order valence-electron chi connectivity index (χ3n) is 5.53. The largest absolute Gasteiger partial charge is 0.357 e. The van der Waals surface area contributed by atoms with E-state index in [1.54, 1.807) is 0 Å². The molecule has 0 radical (unpaired) electrons. The van der Waals surface area contributed by atoms with E-state index in [1.165, 1.54) is 5.56 Å². The zero-order valence-electron chi connectivity index (χ0n) is 18.6. The number of hydrogen-bond donors (Lipinski definition) is 1. The van der Waals surface area contributed by atoms with Gasteiger partial charge in [-0.15, -0.1) is 0 Å². The monoisotopic (exact) mass is 431 g/mol. The van der Waals surface area contributed by atoms with Crippen molar-refractivity contribution in [3.8, 4) is 0 Å². The van der Waals surface area contributed by atoms with Crippen LogP contribution in [0.2, 0.25) is 5.02 Å². The van der Waals surface area contributed by atoms with E-state index in [0.717, 1.165) is 68.3 Å². The van der Waals surface area contributed by atoms with Gasteiger partial charge in [-0.1, -0.05) is 18.5 Å². The van der Waals surface area contributed by atoms with E-state index in [4.69, 9.17) is 16.6 Å². The van der Waals surface area contributed by atoms with Crippen LogP contribution in [-0.2, 0) is 20.1 Å². The van der Waals surface area contributed by atoms with Crippen molar-refractivity contribution in [2.45, 2.75) is 26.9 Å². The quantitative estimate of drug-likeness (QED) is 0.539. The van der Waals surface area contributed by atoms with Crippen molar-refractivity contribution in [1.29, 1.82) is 0 Å². The highest BCUT2D eigenvalue weighted by Crippen LogP contribution is 2.17. The third-order valence-corrected chi connectivity index (χ3v) is 5.74. The molecule has 1 saturated heterocycles. The predicted molar refractivity (Wildman–Crippen MR) is 125 cm³/mol. The summed E-state index contributed by atoms with van der Waals surface area (Å²) in [4.78, 5) is 16.4. The number of hydrogen-bond acceptors (Lipinski definition) is 4. The Morgan fingerprint density at radius 2 is 2.00 bits per heavy atom. The van der Waals surface area contributed by atoms with Crippen LogP contribution in [0.25, 0.3) is 0 Å². The van der Waals surface area contributed by atoms with Crippen LogP contribution < -0.4 is 10.2 Å². The van der Waals surface area contributed by atoms with Crippen molar-refractivity contribution in [2.75, 3.05) is 51.2 Å². The van der Waals surface area contributed by atoms with Crippen LogP contribution in [-0.4, -0.2) is 71.6 Å². The predicted octanol–water partition coefficient (Wildman–Crippen LogP) is 2.81. The topological polar surface area (TPSA) is 51.9 Å². The molecular formula is C22H34ClN7. The molecular weight excluding hydrogens is 398 g/mol. The smallest absolute Gasteiger partial charge is 0.194 e. The lowest BCUT2D eigenvalue weighted by Gasteiger charge is -2.34. The van der Waals surface area contributed by atoms with E-state index in [0.29, 0.717) is 6.54 Å². The standard InChI is InChI=1S/C22H34ClN7/c1-5-24-22(28(4)17-20-14-19(23)16-27(20)3)26-15-18-7-8-25-21(13-18)30-11-9-29(6-2)10-12-30/h7-8,13-14,16H,5-6,9-12,15,17H2,1-4H3,(H,24,26). The number of piperazine rings is 1. The van der Waals surface area contributed by atoms with Gasteiger partial charge in [-0.05, 0) is 37.2 Å². The summed E-state index contributed by atoms with van der Waals surface area (Å²) in [6.07, 6.45) is 3.82. The molecule has 7 nitrogen and oxygen atoms in total. The molecule has 0 atom stereocenters. The lowest BCUT2D eigenvalue weighted by Crippen LogP contribution is -2.46. The molecule has 0 amide bonds. The van der Waals surface area contributed by atoms with Crippen LogP contribution in [0.15, 0.2) is 35.6 Å². The summed E-state index contributed by atoms with van der Waals surface area (Å²) in [5.41, 5.74) is 2.31. The summed E-state index contributed by atoms with van der Waals surface area (Å²) in [6.45, 7) is 11.8. The molecule has 8 heteroatoms. The maximum absolute atomic E-state index is 6.13. The average molecular weight is 432 g/mol. The maximum atomic E-state index is 6.13. The molecule has 2 aromatic rings. The van der Waals surface area contributed by atoms with Gasteiger partial charge < -0.3 is 24.6 Å². The fraction of sp³-hybridized carbons (Fsp3) is 0.545. The van der Waals surface area contributed by atoms with Gasteiger partial charge in [0.1, 0.15) is 5.82 Å². The SMILES string of the molecule is CCNC(=NCc1ccnc(N2CCN(CC)CC2)c1)N(C)Cc1cc(Cl)cn1C. The van der Waals surface area contributed by atoms with Crippen LogP contribution in [0.3, 0.4) is 0 Å². The summed E-state index contributed by atoms with van der Waals surface area (Å²) in [5.74, 6) is 1.93. The molecule has 30 heavy (non-hydrogen) atoms. The summed E-state index contributed by atoms with van der Waals surface area (Å²) < 4.78 is 2.05. The van der Waals surface area contributed by atoms with Crippen molar-refractivity contribution in [2.24, 2.45) is 12.0 Å². The Labute approximate surface area is 185 Å². The Hall–Kier alpha value is -2.25. The molecule has 3 rings (SSSR count). The molecule has 1 N–H and O–H groups in total. The zero-order chi connectivity index (χ0) is 21.5. The highest BCUT2D eigenvalue weighted by Gasteiger charge is 2.17. The fourth-order valence-electron chi connectivity index (χ4n) is 3.70. The second-order valence-corrected chi connectivity index (χ2v) is 8.17. The minimum atomic E-state index is 0.616. The molecule has 3 heterocycles. The number of likely N-dealkylation sites (N-methyl/N-ethyl adjacent to an activating group) is 1. The van der Waals surface area contributed by atoms with Gasteiger partial charge in [0.05, 0.1) is 18.1 Å². The van der Waals surface area contributed by atoms with Gasteiger partial charge >= 0.3 is 0 Å². The van der Waals surface area contributed by atoms with E-state index in [9.17, 15) is 0 Å². The first kappa shape index (κ1) is 22.4. The molecule has 1 fully saturated rings. The Morgan fingerprint density at radius 1 is 1.23 bits per heavy atom. The van der Waals surface area contributed by atoms with Crippen LogP contribution in [0.5, 0.6) is 0 Å². The number of rotatable bonds is 7. The Bertz CT molecular complexity index is 840. The van der Waals surface area contributed by atoms with Gasteiger partial charge in [-0.2, -0.15) is 0 Å². The molecule has 2 aromatic heterocycles. The van der Waals surface area contributed by atoms with Gasteiger partial charge in [0, 0.05) is 64.9 Å². The average Bonchev–Trinajstić information content (AvgIpc) is 3.07. The van der Waals surface area contributed by atoms with Gasteiger partial charge in [-0.3, -0.25) is 0 Å². The highest BCUT2D eigenvalue weighted by atomic mass is 35.5. The summed E-state index contributed by atoms with van der Waals surface area (Å²) >= 11 is 6.13. The summed E-state index contributed by atoms with van der Waals surface area (Å²) in [5, 5.41) is 4.15. The highest BCUT2D eigenvalue weighted by molar-refractivity contribution is 6.30. The van der Waals surface area contributed by atoms with Crippen molar-refractivity contribution < 1.29 is 0 Å². The molecule has 0 spiro atoms. The van der Waals surface area contributed by atoms with Crippen molar-refractivity contribution in [3.63, 3.8) is 0 Å². The lowest BCUT2D eigenvalue weighted by molar-refractivity contribution is 0.270. The van der Waals surface area contributed by atoms with Crippen LogP contribution in [0, 0.1) is 0 Å². The number of halogens is 1. The first-order valence-corrected chi connectivity index (χ1v) is 11.1. The lowest BCUT2D eigenvalue weighted by atomic mass is 10.2. The first-order valence-electron chi connectivity index (χ1n) is 10.7. The van der Waals surface area contributed by atoms with Crippen molar-refractivity contribution in [3.05, 3.63) is 46.9 Å². The molecule has 1 aliphatic rings. The minimum absolute atomic E-state index is 0.616. The number of guanidine groups is 1. The third kappa shape index (κ3) is 5.89. The molecule has 0 unspecified atom stereocenters. The summed E-state index contributed by atoms with van der Waals surface area (Å²) in [7, 11) is 4.06. The van der Waals surface area contributed by atoms with Gasteiger partial charge in [-0.25, -0.2) is 9.98 Å². The first-order chi connectivity index (χ1) is 14.5. The second kappa shape index (κ2) is 10.7. The number of pyridine rings is 1. The maximum Gasteiger partial charge on any atom is 0.194 e. The number of aliphatic imine (C=N–C) groups is 1. The molecule has 0 saturated carbocycles. The second-order valence-electron chi connectivity index (χ2n) is 7.73. The number of nitrogens with zero attached hydrogens (tertiary/aromatic N) is 6. The van der Waals surface area contributed by atoms with Crippen LogP contribution in [0.4, 0.5) is 5.82 Å². The fourth-order valence-corrected chi connectivity index (χ4v) is 3.97.